The number of unbranched alkanes of at least 4 members (excludes halogenated alkanes) is 3. The summed E-state index contributed by atoms with van der Waals surface area (Å²) in [4.78, 5) is 0. The van der Waals surface area contributed by atoms with Crippen molar-refractivity contribution in [1.82, 2.24) is 0 Å². The molecule has 0 amide bonds. The number of hydrogen-bond donors (Lipinski definition) is 1. The Balaban J connectivity index is 1.91. The predicted molar refractivity (Wildman–Crippen MR) is 75.9 cm³/mol. The molecule has 18 heavy (non-hydrogen) atoms. The zero-order valence-corrected chi connectivity index (χ0v) is 11.6. The van der Waals surface area contributed by atoms with Gasteiger partial charge in [0.25, 0.3) is 0 Å². The van der Waals surface area contributed by atoms with E-state index >= 15 is 0 Å². The van der Waals surface area contributed by atoms with Gasteiger partial charge >= 0.3 is 0 Å². The van der Waals surface area contributed by atoms with Gasteiger partial charge < -0.3 is 10.5 Å². The van der Waals surface area contributed by atoms with Gasteiger partial charge in [0.1, 0.15) is 11.9 Å². The van der Waals surface area contributed by atoms with E-state index in [1.165, 1.54) is 36.8 Å². The first-order valence-electron chi connectivity index (χ1n) is 7.25. The van der Waals surface area contributed by atoms with Crippen LogP contribution in [0.5, 0.6) is 5.75 Å². The van der Waals surface area contributed by atoms with Crippen LogP contribution in [0.25, 0.3) is 0 Å². The summed E-state index contributed by atoms with van der Waals surface area (Å²) < 4.78 is 5.71. The highest BCUT2D eigenvalue weighted by atomic mass is 16.5. The van der Waals surface area contributed by atoms with Gasteiger partial charge in [-0.05, 0) is 30.5 Å². The molecule has 0 saturated heterocycles. The van der Waals surface area contributed by atoms with Crippen LogP contribution in [0.1, 0.15) is 63.1 Å². The van der Waals surface area contributed by atoms with E-state index in [2.05, 4.69) is 32.0 Å². The summed E-state index contributed by atoms with van der Waals surface area (Å²) in [5.74, 6) is 1.05. The topological polar surface area (TPSA) is 35.2 Å². The van der Waals surface area contributed by atoms with Crippen molar-refractivity contribution < 1.29 is 4.74 Å². The molecule has 2 nitrogen and oxygen atoms in total. The molecule has 1 aliphatic rings. The number of rotatable bonds is 6. The Morgan fingerprint density at radius 2 is 2.17 bits per heavy atom. The van der Waals surface area contributed by atoms with Gasteiger partial charge in [-0.3, -0.25) is 0 Å². The van der Waals surface area contributed by atoms with Gasteiger partial charge in [-0.25, -0.2) is 0 Å². The molecule has 2 rings (SSSR count). The molecule has 0 bridgehead atoms. The first kappa shape index (κ1) is 13.4. The molecule has 2 N–H and O–H groups in total. The molecule has 0 saturated carbocycles. The second kappa shape index (κ2) is 6.24. The second-order valence-electron chi connectivity index (χ2n) is 5.46. The summed E-state index contributed by atoms with van der Waals surface area (Å²) >= 11 is 0. The lowest BCUT2D eigenvalue weighted by atomic mass is 9.98. The summed E-state index contributed by atoms with van der Waals surface area (Å²) in [5.41, 5.74) is 8.85. The molecule has 2 heteroatoms. The standard InChI is InChI=1S/C16H25NO/c1-3-4-5-6-7-15(17)13-8-9-16-14(11-13)10-12(2)18-16/h8-9,11-12,15H,3-7,10,17H2,1-2H3. The highest BCUT2D eigenvalue weighted by molar-refractivity contribution is 5.41. The summed E-state index contributed by atoms with van der Waals surface area (Å²) in [6.45, 7) is 4.35. The normalized spacial score (nSPS) is 19.4. The molecule has 2 atom stereocenters. The molecule has 1 aromatic carbocycles. The maximum absolute atomic E-state index is 6.27. The van der Waals surface area contributed by atoms with E-state index < -0.39 is 0 Å². The molecule has 0 fully saturated rings. The quantitative estimate of drug-likeness (QED) is 0.772. The average Bonchev–Trinajstić information content (AvgIpc) is 2.73. The van der Waals surface area contributed by atoms with Crippen LogP contribution in [0.3, 0.4) is 0 Å². The zero-order chi connectivity index (χ0) is 13.0. The minimum Gasteiger partial charge on any atom is -0.490 e. The SMILES string of the molecule is CCCCCCC(N)c1ccc2c(c1)CC(C)O2. The molecule has 1 heterocycles. The Morgan fingerprint density at radius 3 is 2.94 bits per heavy atom. The summed E-state index contributed by atoms with van der Waals surface area (Å²) in [6.07, 6.45) is 7.57. The van der Waals surface area contributed by atoms with Gasteiger partial charge in [-0.15, -0.1) is 0 Å². The van der Waals surface area contributed by atoms with Crippen molar-refractivity contribution in [2.45, 2.75) is 64.5 Å². The lowest BCUT2D eigenvalue weighted by Gasteiger charge is -2.13. The van der Waals surface area contributed by atoms with Gasteiger partial charge in [0.2, 0.25) is 0 Å². The second-order valence-corrected chi connectivity index (χ2v) is 5.46. The van der Waals surface area contributed by atoms with Crippen LogP contribution in [-0.2, 0) is 6.42 Å². The first-order chi connectivity index (χ1) is 8.70. The Hall–Kier alpha value is -1.02. The fourth-order valence-corrected chi connectivity index (χ4v) is 2.63. The largest absolute Gasteiger partial charge is 0.490 e. The van der Waals surface area contributed by atoms with Gasteiger partial charge in [0.05, 0.1) is 0 Å². The number of hydrogen-bond acceptors (Lipinski definition) is 2. The van der Waals surface area contributed by atoms with Crippen molar-refractivity contribution in [3.63, 3.8) is 0 Å². The van der Waals surface area contributed by atoms with Gasteiger partial charge in [0.15, 0.2) is 0 Å². The van der Waals surface area contributed by atoms with Crippen LogP contribution in [0.2, 0.25) is 0 Å². The molecule has 0 aromatic heterocycles. The molecular formula is C16H25NO. The average molecular weight is 247 g/mol. The van der Waals surface area contributed by atoms with E-state index in [1.54, 1.807) is 0 Å². The van der Waals surface area contributed by atoms with E-state index in [0.717, 1.165) is 18.6 Å². The molecule has 0 spiro atoms. The lowest BCUT2D eigenvalue weighted by Crippen LogP contribution is -2.10. The monoisotopic (exact) mass is 247 g/mol. The molecule has 1 aromatic rings. The number of benzene rings is 1. The third kappa shape index (κ3) is 3.26. The first-order valence-corrected chi connectivity index (χ1v) is 7.25. The van der Waals surface area contributed by atoms with E-state index in [4.69, 9.17) is 10.5 Å². The van der Waals surface area contributed by atoms with Crippen LogP contribution >= 0.6 is 0 Å². The van der Waals surface area contributed by atoms with Crippen molar-refractivity contribution in [3.8, 4) is 5.75 Å². The van der Waals surface area contributed by atoms with Gasteiger partial charge in [-0.2, -0.15) is 0 Å². The minimum atomic E-state index is 0.183. The maximum atomic E-state index is 6.27. The molecule has 1 aliphatic heterocycles. The maximum Gasteiger partial charge on any atom is 0.123 e. The minimum absolute atomic E-state index is 0.183. The van der Waals surface area contributed by atoms with Crippen molar-refractivity contribution >= 4 is 0 Å². The van der Waals surface area contributed by atoms with Gasteiger partial charge in [0, 0.05) is 12.5 Å². The smallest absolute Gasteiger partial charge is 0.123 e. The summed E-state index contributed by atoms with van der Waals surface area (Å²) in [6, 6.07) is 6.63. The zero-order valence-electron chi connectivity index (χ0n) is 11.6. The number of ether oxygens (including phenoxy) is 1. The third-order valence-electron chi connectivity index (χ3n) is 3.72. The fraction of sp³-hybridized carbons (Fsp3) is 0.625. The molecule has 100 valence electrons. The van der Waals surface area contributed by atoms with E-state index in [-0.39, 0.29) is 6.04 Å². The number of nitrogens with two attached hydrogens (primary N) is 1. The molecule has 2 unspecified atom stereocenters. The summed E-state index contributed by atoms with van der Waals surface area (Å²) in [7, 11) is 0. The lowest BCUT2D eigenvalue weighted by molar-refractivity contribution is 0.254. The highest BCUT2D eigenvalue weighted by Gasteiger charge is 2.19. The predicted octanol–water partition coefficient (Wildman–Crippen LogP) is 3.98. The van der Waals surface area contributed by atoms with Crippen LogP contribution in [-0.4, -0.2) is 6.10 Å². The van der Waals surface area contributed by atoms with Crippen molar-refractivity contribution in [3.05, 3.63) is 29.3 Å². The Bertz CT molecular complexity index is 389. The van der Waals surface area contributed by atoms with E-state index in [9.17, 15) is 0 Å². The van der Waals surface area contributed by atoms with E-state index in [1.807, 2.05) is 0 Å². The Labute approximate surface area is 111 Å². The third-order valence-corrected chi connectivity index (χ3v) is 3.72. The highest BCUT2D eigenvalue weighted by Crippen LogP contribution is 2.31. The fourth-order valence-electron chi connectivity index (χ4n) is 2.63. The Kier molecular flexibility index (Phi) is 4.65. The van der Waals surface area contributed by atoms with Crippen LogP contribution < -0.4 is 10.5 Å². The van der Waals surface area contributed by atoms with Crippen LogP contribution in [0.15, 0.2) is 18.2 Å². The number of fused-ring (bicyclic) bond motifs is 1. The van der Waals surface area contributed by atoms with Crippen molar-refractivity contribution in [1.29, 1.82) is 0 Å². The molecular weight excluding hydrogens is 222 g/mol. The van der Waals surface area contributed by atoms with Gasteiger partial charge in [-0.1, -0.05) is 44.7 Å². The van der Waals surface area contributed by atoms with Crippen molar-refractivity contribution in [2.24, 2.45) is 5.73 Å². The molecule has 0 radical (unpaired) electrons. The molecule has 0 aliphatic carbocycles. The van der Waals surface area contributed by atoms with Crippen molar-refractivity contribution in [2.75, 3.05) is 0 Å². The van der Waals surface area contributed by atoms with Crippen LogP contribution in [0, 0.1) is 0 Å². The van der Waals surface area contributed by atoms with Crippen LogP contribution in [0.4, 0.5) is 0 Å². The Morgan fingerprint density at radius 1 is 1.33 bits per heavy atom. The van der Waals surface area contributed by atoms with E-state index in [0.29, 0.717) is 6.10 Å². The summed E-state index contributed by atoms with van der Waals surface area (Å²) in [5, 5.41) is 0.